The Morgan fingerprint density at radius 1 is 1.00 bits per heavy atom. The Balaban J connectivity index is 1.82. The molecule has 5 heteroatoms. The van der Waals surface area contributed by atoms with Gasteiger partial charge in [0.1, 0.15) is 5.69 Å². The summed E-state index contributed by atoms with van der Waals surface area (Å²) in [5.74, 6) is 0.790. The van der Waals surface area contributed by atoms with Crippen LogP contribution in [0.3, 0.4) is 0 Å². The van der Waals surface area contributed by atoms with Crippen LogP contribution in [-0.2, 0) is 0 Å². The van der Waals surface area contributed by atoms with Crippen molar-refractivity contribution in [2.75, 3.05) is 31.1 Å². The molecule has 1 aromatic rings. The summed E-state index contributed by atoms with van der Waals surface area (Å²) in [6.45, 7) is 5.66. The molecular formula is C15H22N4O. The average molecular weight is 274 g/mol. The molecule has 3 heterocycles. The van der Waals surface area contributed by atoms with Gasteiger partial charge in [-0.3, -0.25) is 4.79 Å². The fraction of sp³-hybridized carbons (Fsp3) is 0.667. The Hall–Kier alpha value is -1.65. The molecule has 2 aliphatic rings. The number of anilines is 1. The number of hydrogen-bond donors (Lipinski definition) is 0. The first-order chi connectivity index (χ1) is 9.74. The fourth-order valence-electron chi connectivity index (χ4n) is 2.98. The average Bonchev–Trinajstić information content (AvgIpc) is 3.01. The summed E-state index contributed by atoms with van der Waals surface area (Å²) < 4.78 is 0. The number of aromatic nitrogens is 2. The number of hydrogen-bond acceptors (Lipinski definition) is 4. The van der Waals surface area contributed by atoms with Gasteiger partial charge in [0.25, 0.3) is 5.91 Å². The van der Waals surface area contributed by atoms with Crippen LogP contribution >= 0.6 is 0 Å². The van der Waals surface area contributed by atoms with Gasteiger partial charge in [0.15, 0.2) is 0 Å². The van der Waals surface area contributed by atoms with Crippen molar-refractivity contribution in [3.8, 4) is 0 Å². The maximum atomic E-state index is 12.5. The van der Waals surface area contributed by atoms with E-state index in [1.165, 1.54) is 19.3 Å². The fourth-order valence-corrected chi connectivity index (χ4v) is 2.98. The van der Waals surface area contributed by atoms with Crippen LogP contribution in [0.15, 0.2) is 6.07 Å². The highest BCUT2D eigenvalue weighted by molar-refractivity contribution is 5.92. The number of carbonyl (C=O) groups excluding carboxylic acids is 1. The van der Waals surface area contributed by atoms with Gasteiger partial charge in [0.05, 0.1) is 0 Å². The zero-order valence-electron chi connectivity index (χ0n) is 12.1. The van der Waals surface area contributed by atoms with Crippen LogP contribution in [0.1, 0.15) is 48.3 Å². The first kappa shape index (κ1) is 13.3. The van der Waals surface area contributed by atoms with Crippen LogP contribution in [0.5, 0.6) is 0 Å². The Kier molecular flexibility index (Phi) is 3.85. The highest BCUT2D eigenvalue weighted by Crippen LogP contribution is 2.18. The second-order valence-electron chi connectivity index (χ2n) is 5.74. The molecule has 0 aliphatic carbocycles. The molecule has 0 radical (unpaired) electrons. The molecule has 2 fully saturated rings. The predicted molar refractivity (Wildman–Crippen MR) is 78.0 cm³/mol. The lowest BCUT2D eigenvalue weighted by Crippen LogP contribution is -2.36. The summed E-state index contributed by atoms with van der Waals surface area (Å²) in [6.07, 6.45) is 5.81. The maximum Gasteiger partial charge on any atom is 0.272 e. The van der Waals surface area contributed by atoms with Crippen LogP contribution in [0, 0.1) is 6.92 Å². The Bertz CT molecular complexity index is 491. The minimum atomic E-state index is 0.0654. The summed E-state index contributed by atoms with van der Waals surface area (Å²) in [4.78, 5) is 25.6. The maximum absolute atomic E-state index is 12.5. The van der Waals surface area contributed by atoms with E-state index >= 15 is 0 Å². The van der Waals surface area contributed by atoms with Crippen molar-refractivity contribution >= 4 is 11.9 Å². The summed E-state index contributed by atoms with van der Waals surface area (Å²) in [5, 5.41) is 0. The van der Waals surface area contributed by atoms with Gasteiger partial charge in [0, 0.05) is 31.9 Å². The van der Waals surface area contributed by atoms with Crippen molar-refractivity contribution < 1.29 is 4.79 Å². The van der Waals surface area contributed by atoms with Crippen molar-refractivity contribution in [1.29, 1.82) is 0 Å². The Morgan fingerprint density at radius 2 is 1.65 bits per heavy atom. The Labute approximate surface area is 120 Å². The molecule has 20 heavy (non-hydrogen) atoms. The molecule has 0 bridgehead atoms. The highest BCUT2D eigenvalue weighted by atomic mass is 16.2. The number of likely N-dealkylation sites (tertiary alicyclic amines) is 1. The third kappa shape index (κ3) is 2.76. The van der Waals surface area contributed by atoms with E-state index in [1.807, 2.05) is 17.9 Å². The number of rotatable bonds is 2. The molecule has 1 aromatic heterocycles. The molecule has 3 rings (SSSR count). The molecule has 108 valence electrons. The third-order valence-corrected chi connectivity index (χ3v) is 4.09. The predicted octanol–water partition coefficient (Wildman–Crippen LogP) is 2.01. The van der Waals surface area contributed by atoms with E-state index in [4.69, 9.17) is 0 Å². The van der Waals surface area contributed by atoms with Crippen molar-refractivity contribution in [2.24, 2.45) is 0 Å². The van der Waals surface area contributed by atoms with Gasteiger partial charge in [0.2, 0.25) is 5.95 Å². The first-order valence-corrected chi connectivity index (χ1v) is 7.64. The van der Waals surface area contributed by atoms with Crippen LogP contribution in [0.25, 0.3) is 0 Å². The molecule has 0 aromatic carbocycles. The lowest BCUT2D eigenvalue weighted by Gasteiger charge is -2.26. The smallest absolute Gasteiger partial charge is 0.272 e. The van der Waals surface area contributed by atoms with Gasteiger partial charge in [-0.2, -0.15) is 0 Å². The summed E-state index contributed by atoms with van der Waals surface area (Å²) in [5.41, 5.74) is 1.43. The summed E-state index contributed by atoms with van der Waals surface area (Å²) in [6, 6.07) is 1.82. The van der Waals surface area contributed by atoms with E-state index in [9.17, 15) is 4.79 Å². The number of aryl methyl sites for hydroxylation is 1. The van der Waals surface area contributed by atoms with Gasteiger partial charge >= 0.3 is 0 Å². The molecule has 0 spiro atoms. The molecule has 0 unspecified atom stereocenters. The van der Waals surface area contributed by atoms with Crippen LogP contribution in [-0.4, -0.2) is 47.0 Å². The second-order valence-corrected chi connectivity index (χ2v) is 5.74. The summed E-state index contributed by atoms with van der Waals surface area (Å²) >= 11 is 0. The number of amides is 1. The molecule has 0 saturated carbocycles. The van der Waals surface area contributed by atoms with Gasteiger partial charge < -0.3 is 9.80 Å². The normalized spacial score (nSPS) is 19.4. The molecule has 0 atom stereocenters. The molecule has 5 nitrogen and oxygen atoms in total. The third-order valence-electron chi connectivity index (χ3n) is 4.09. The summed E-state index contributed by atoms with van der Waals surface area (Å²) in [7, 11) is 0. The van der Waals surface area contributed by atoms with Gasteiger partial charge in [-0.05, 0) is 45.1 Å². The van der Waals surface area contributed by atoms with E-state index in [-0.39, 0.29) is 5.91 Å². The van der Waals surface area contributed by atoms with Gasteiger partial charge in [-0.1, -0.05) is 0 Å². The molecule has 0 N–H and O–H groups in total. The number of carbonyl (C=O) groups is 1. The van der Waals surface area contributed by atoms with Gasteiger partial charge in [-0.25, -0.2) is 9.97 Å². The van der Waals surface area contributed by atoms with E-state index in [0.717, 1.165) is 50.7 Å². The molecule has 2 saturated heterocycles. The largest absolute Gasteiger partial charge is 0.341 e. The second kappa shape index (κ2) is 5.77. The van der Waals surface area contributed by atoms with E-state index < -0.39 is 0 Å². The highest BCUT2D eigenvalue weighted by Gasteiger charge is 2.22. The van der Waals surface area contributed by atoms with Crippen LogP contribution in [0.4, 0.5) is 5.95 Å². The van der Waals surface area contributed by atoms with Crippen molar-refractivity contribution in [2.45, 2.75) is 39.0 Å². The molecule has 1 amide bonds. The minimum Gasteiger partial charge on any atom is -0.341 e. The molecule has 2 aliphatic heterocycles. The zero-order chi connectivity index (χ0) is 13.9. The SMILES string of the molecule is Cc1cc(C(=O)N2CCCCC2)nc(N2CCCC2)n1. The monoisotopic (exact) mass is 274 g/mol. The zero-order valence-corrected chi connectivity index (χ0v) is 12.1. The standard InChI is InChI=1S/C15H22N4O/c1-12-11-13(14(20)18-7-3-2-4-8-18)17-15(16-12)19-9-5-6-10-19/h11H,2-10H2,1H3. The van der Waals surface area contributed by atoms with Crippen LogP contribution < -0.4 is 4.90 Å². The van der Waals surface area contributed by atoms with E-state index in [1.54, 1.807) is 0 Å². The van der Waals surface area contributed by atoms with E-state index in [2.05, 4.69) is 14.9 Å². The van der Waals surface area contributed by atoms with E-state index in [0.29, 0.717) is 5.69 Å². The van der Waals surface area contributed by atoms with Crippen molar-refractivity contribution in [3.63, 3.8) is 0 Å². The number of piperidine rings is 1. The van der Waals surface area contributed by atoms with Gasteiger partial charge in [-0.15, -0.1) is 0 Å². The topological polar surface area (TPSA) is 49.3 Å². The lowest BCUT2D eigenvalue weighted by atomic mass is 10.1. The van der Waals surface area contributed by atoms with Crippen molar-refractivity contribution in [3.05, 3.63) is 17.5 Å². The Morgan fingerprint density at radius 3 is 2.35 bits per heavy atom. The minimum absolute atomic E-state index is 0.0654. The molecular weight excluding hydrogens is 252 g/mol. The van der Waals surface area contributed by atoms with Crippen molar-refractivity contribution in [1.82, 2.24) is 14.9 Å². The number of nitrogens with zero attached hydrogens (tertiary/aromatic N) is 4. The lowest BCUT2D eigenvalue weighted by molar-refractivity contribution is 0.0718. The van der Waals surface area contributed by atoms with Crippen LogP contribution in [0.2, 0.25) is 0 Å². The quantitative estimate of drug-likeness (QED) is 0.828. The first-order valence-electron chi connectivity index (χ1n) is 7.64.